The highest BCUT2D eigenvalue weighted by molar-refractivity contribution is 7.90. The lowest BCUT2D eigenvalue weighted by molar-refractivity contribution is -0.135. The molecule has 2 aromatic rings. The summed E-state index contributed by atoms with van der Waals surface area (Å²) in [4.78, 5) is 31.2. The highest BCUT2D eigenvalue weighted by Crippen LogP contribution is 2.26. The number of hydrogen-bond acceptors (Lipinski definition) is 8. The highest BCUT2D eigenvalue weighted by Gasteiger charge is 2.38. The Morgan fingerprint density at radius 2 is 1.79 bits per heavy atom. The molecule has 2 saturated heterocycles. The maximum absolute atomic E-state index is 13.8. The molecule has 0 saturated carbocycles. The van der Waals surface area contributed by atoms with E-state index in [9.17, 15) is 23.1 Å². The predicted octanol–water partition coefficient (Wildman–Crippen LogP) is 1.22. The summed E-state index contributed by atoms with van der Waals surface area (Å²) in [6.07, 6.45) is 1.77. The first-order valence-corrected chi connectivity index (χ1v) is 15.2. The van der Waals surface area contributed by atoms with Gasteiger partial charge in [-0.2, -0.15) is 0 Å². The van der Waals surface area contributed by atoms with Gasteiger partial charge in [0.2, 0.25) is 5.91 Å². The van der Waals surface area contributed by atoms with Gasteiger partial charge < -0.3 is 24.8 Å². The third-order valence-corrected chi connectivity index (χ3v) is 8.79. The number of ether oxygens (including phenoxy) is 2. The van der Waals surface area contributed by atoms with E-state index in [1.54, 1.807) is 47.4 Å². The quantitative estimate of drug-likeness (QED) is 0.577. The van der Waals surface area contributed by atoms with Gasteiger partial charge in [-0.1, -0.05) is 24.3 Å². The van der Waals surface area contributed by atoms with Gasteiger partial charge in [0.05, 0.1) is 29.3 Å². The fourth-order valence-corrected chi connectivity index (χ4v) is 6.07. The number of aliphatic hydroxyl groups is 1. The van der Waals surface area contributed by atoms with Crippen LogP contribution in [-0.4, -0.2) is 98.5 Å². The molecule has 10 nitrogen and oxygen atoms in total. The zero-order chi connectivity index (χ0) is 27.6. The van der Waals surface area contributed by atoms with Crippen molar-refractivity contribution in [2.24, 2.45) is 0 Å². The van der Waals surface area contributed by atoms with Gasteiger partial charge in [0.15, 0.2) is 9.84 Å². The number of fused-ring (bicyclic) bond motifs is 4. The Labute approximate surface area is 228 Å². The molecule has 11 heteroatoms. The molecule has 0 aliphatic carbocycles. The molecule has 5 rings (SSSR count). The summed E-state index contributed by atoms with van der Waals surface area (Å²) in [6, 6.07) is 13.0. The third kappa shape index (κ3) is 6.43. The van der Waals surface area contributed by atoms with E-state index in [1.165, 1.54) is 6.26 Å². The fraction of sp³-hybridized carbons (Fsp3) is 0.500. The van der Waals surface area contributed by atoms with Crippen LogP contribution in [0.2, 0.25) is 0 Å². The van der Waals surface area contributed by atoms with Gasteiger partial charge in [0, 0.05) is 45.4 Å². The van der Waals surface area contributed by atoms with Crippen molar-refractivity contribution >= 4 is 21.7 Å². The van der Waals surface area contributed by atoms with Crippen LogP contribution in [0, 0.1) is 0 Å². The third-order valence-electron chi connectivity index (χ3n) is 7.66. The second-order valence-electron chi connectivity index (χ2n) is 10.5. The summed E-state index contributed by atoms with van der Waals surface area (Å²) in [7, 11) is -3.29. The molecule has 0 radical (unpaired) electrons. The van der Waals surface area contributed by atoms with Gasteiger partial charge in [-0.05, 0) is 42.7 Å². The first-order valence-electron chi connectivity index (χ1n) is 13.3. The number of carbonyl (C=O) groups excluding carboxylic acids is 2. The minimum atomic E-state index is -3.29. The number of aliphatic hydroxyl groups excluding tert-OH is 1. The van der Waals surface area contributed by atoms with Gasteiger partial charge in [-0.15, -0.1) is 0 Å². The van der Waals surface area contributed by atoms with Gasteiger partial charge in [0.1, 0.15) is 17.9 Å². The number of benzene rings is 2. The molecule has 2 N–H and O–H groups in total. The van der Waals surface area contributed by atoms with Crippen LogP contribution in [0.5, 0.6) is 5.75 Å². The first-order chi connectivity index (χ1) is 18.7. The van der Waals surface area contributed by atoms with Crippen molar-refractivity contribution in [2.45, 2.75) is 55.1 Å². The van der Waals surface area contributed by atoms with E-state index in [2.05, 4.69) is 10.2 Å². The molecule has 2 fully saturated rings. The summed E-state index contributed by atoms with van der Waals surface area (Å²) in [6.45, 7) is 2.20. The van der Waals surface area contributed by atoms with Gasteiger partial charge in [-0.3, -0.25) is 14.5 Å². The SMILES string of the molecule is CS(=O)(=O)c1ccc(CN2CCN3C(=O)c4ccccc4OCC[C@@H]4CC[C@H](O)[C@@H](CNC(=O)[C@@H]3C2)O4)cc1. The van der Waals surface area contributed by atoms with Crippen LogP contribution in [0.4, 0.5) is 0 Å². The zero-order valence-electron chi connectivity index (χ0n) is 22.0. The number of nitrogens with zero attached hydrogens (tertiary/aromatic N) is 2. The molecule has 0 spiro atoms. The molecule has 210 valence electrons. The summed E-state index contributed by atoms with van der Waals surface area (Å²) < 4.78 is 35.7. The van der Waals surface area contributed by atoms with Crippen LogP contribution in [-0.2, 0) is 25.9 Å². The monoisotopic (exact) mass is 557 g/mol. The normalized spacial score (nSPS) is 27.0. The molecule has 0 unspecified atom stereocenters. The fourth-order valence-electron chi connectivity index (χ4n) is 5.44. The molecule has 0 aromatic heterocycles. The minimum absolute atomic E-state index is 0.100. The Morgan fingerprint density at radius 3 is 2.56 bits per heavy atom. The molecule has 3 heterocycles. The van der Waals surface area contributed by atoms with Crippen LogP contribution < -0.4 is 10.1 Å². The Kier molecular flexibility index (Phi) is 8.22. The molecule has 2 amide bonds. The molecule has 39 heavy (non-hydrogen) atoms. The number of piperazine rings is 1. The highest BCUT2D eigenvalue weighted by atomic mass is 32.2. The number of amides is 2. The van der Waals surface area contributed by atoms with Crippen molar-refractivity contribution in [1.82, 2.24) is 15.1 Å². The topological polar surface area (TPSA) is 125 Å². The molecule has 2 aromatic carbocycles. The Bertz CT molecular complexity index is 1300. The molecule has 4 atom stereocenters. The summed E-state index contributed by atoms with van der Waals surface area (Å²) >= 11 is 0. The summed E-state index contributed by atoms with van der Waals surface area (Å²) in [5, 5.41) is 13.4. The largest absolute Gasteiger partial charge is 0.493 e. The number of sulfone groups is 1. The van der Waals surface area contributed by atoms with Gasteiger partial charge in [0.25, 0.3) is 5.91 Å². The second-order valence-corrected chi connectivity index (χ2v) is 12.5. The van der Waals surface area contributed by atoms with Crippen LogP contribution in [0.15, 0.2) is 53.4 Å². The standard InChI is InChI=1S/C28H35N3O7S/c1-39(35,36)21-9-6-19(7-10-21)17-30-13-14-31-23(18-30)27(33)29-16-26-24(32)11-8-20(38-26)12-15-37-25-5-3-2-4-22(25)28(31)34/h2-7,9-10,20,23-24,26,32H,8,11-18H2,1H3,(H,29,33)/t20-,23-,24-,26+/m0/s1. The number of hydrogen-bond donors (Lipinski definition) is 2. The first kappa shape index (κ1) is 27.6. The number of carbonyl (C=O) groups is 2. The van der Waals surface area contributed by atoms with Crippen LogP contribution in [0.3, 0.4) is 0 Å². The van der Waals surface area contributed by atoms with E-state index >= 15 is 0 Å². The second kappa shape index (κ2) is 11.6. The predicted molar refractivity (Wildman–Crippen MR) is 143 cm³/mol. The summed E-state index contributed by atoms with van der Waals surface area (Å²) in [5.74, 6) is -0.107. The zero-order valence-corrected chi connectivity index (χ0v) is 22.8. The van der Waals surface area contributed by atoms with E-state index in [-0.39, 0.29) is 29.4 Å². The lowest BCUT2D eigenvalue weighted by Crippen LogP contribution is -2.61. The molecule has 2 bridgehead atoms. The molecular weight excluding hydrogens is 522 g/mol. The molecule has 3 aliphatic heterocycles. The van der Waals surface area contributed by atoms with Crippen molar-refractivity contribution < 1.29 is 32.6 Å². The average molecular weight is 558 g/mol. The maximum atomic E-state index is 13.8. The van der Waals surface area contributed by atoms with Crippen molar-refractivity contribution in [3.8, 4) is 5.75 Å². The maximum Gasteiger partial charge on any atom is 0.258 e. The Hall–Kier alpha value is -2.99. The molecular formula is C28H35N3O7S. The number of nitrogens with one attached hydrogen (secondary N) is 1. The van der Waals surface area contributed by atoms with Crippen LogP contribution >= 0.6 is 0 Å². The molecule has 3 aliphatic rings. The Morgan fingerprint density at radius 1 is 1.03 bits per heavy atom. The number of rotatable bonds is 3. The van der Waals surface area contributed by atoms with E-state index in [4.69, 9.17) is 9.47 Å². The van der Waals surface area contributed by atoms with Crippen molar-refractivity contribution in [3.05, 3.63) is 59.7 Å². The van der Waals surface area contributed by atoms with Crippen molar-refractivity contribution in [2.75, 3.05) is 39.0 Å². The summed E-state index contributed by atoms with van der Waals surface area (Å²) in [5.41, 5.74) is 1.32. The Balaban J connectivity index is 1.39. The lowest BCUT2D eigenvalue weighted by Gasteiger charge is -2.41. The lowest BCUT2D eigenvalue weighted by atomic mass is 9.99. The average Bonchev–Trinajstić information content (AvgIpc) is 2.92. The smallest absolute Gasteiger partial charge is 0.258 e. The van der Waals surface area contributed by atoms with E-state index < -0.39 is 28.1 Å². The van der Waals surface area contributed by atoms with Crippen molar-refractivity contribution in [1.29, 1.82) is 0 Å². The van der Waals surface area contributed by atoms with Gasteiger partial charge in [-0.25, -0.2) is 8.42 Å². The van der Waals surface area contributed by atoms with E-state index in [0.717, 1.165) is 5.56 Å². The van der Waals surface area contributed by atoms with Crippen molar-refractivity contribution in [3.63, 3.8) is 0 Å². The van der Waals surface area contributed by atoms with E-state index in [0.29, 0.717) is 63.4 Å². The van der Waals surface area contributed by atoms with Gasteiger partial charge >= 0.3 is 0 Å². The van der Waals surface area contributed by atoms with E-state index in [1.807, 2.05) is 6.07 Å². The van der Waals surface area contributed by atoms with Crippen LogP contribution in [0.25, 0.3) is 0 Å². The van der Waals surface area contributed by atoms with Crippen LogP contribution in [0.1, 0.15) is 35.2 Å². The number of para-hydroxylation sites is 1. The minimum Gasteiger partial charge on any atom is -0.493 e.